The Labute approximate surface area is 122 Å². The molecular formula is C14H10BrFO4. The van der Waals surface area contributed by atoms with Crippen LogP contribution in [0.5, 0.6) is 17.2 Å². The molecular weight excluding hydrogens is 331 g/mol. The van der Waals surface area contributed by atoms with Crippen LogP contribution in [-0.4, -0.2) is 18.2 Å². The van der Waals surface area contributed by atoms with Gasteiger partial charge < -0.3 is 14.6 Å². The summed E-state index contributed by atoms with van der Waals surface area (Å²) in [7, 11) is 1.53. The van der Waals surface area contributed by atoms with Crippen LogP contribution in [-0.2, 0) is 0 Å². The number of aromatic carboxylic acids is 1. The van der Waals surface area contributed by atoms with E-state index in [2.05, 4.69) is 15.9 Å². The average Bonchev–Trinajstić information content (AvgIpc) is 2.42. The van der Waals surface area contributed by atoms with Crippen molar-refractivity contribution >= 4 is 21.9 Å². The maximum atomic E-state index is 13.7. The topological polar surface area (TPSA) is 55.8 Å². The largest absolute Gasteiger partial charge is 0.497 e. The van der Waals surface area contributed by atoms with Crippen molar-refractivity contribution in [1.29, 1.82) is 0 Å². The van der Waals surface area contributed by atoms with Crippen molar-refractivity contribution in [2.24, 2.45) is 0 Å². The standard InChI is InChI=1S/C14H10BrFO4/c1-19-9-3-5-12(10(15)7-9)20-13-4-2-8(14(17)18)6-11(13)16/h2-7H,1H3,(H,17,18). The fourth-order valence-corrected chi connectivity index (χ4v) is 1.97. The second kappa shape index (κ2) is 5.92. The maximum absolute atomic E-state index is 13.7. The zero-order valence-corrected chi connectivity index (χ0v) is 12.0. The third-order valence-electron chi connectivity index (χ3n) is 2.54. The monoisotopic (exact) mass is 340 g/mol. The Bertz CT molecular complexity index is 658. The lowest BCUT2D eigenvalue weighted by molar-refractivity contribution is 0.0696. The third-order valence-corrected chi connectivity index (χ3v) is 3.16. The van der Waals surface area contributed by atoms with Crippen LogP contribution in [0.4, 0.5) is 4.39 Å². The molecule has 2 rings (SSSR count). The van der Waals surface area contributed by atoms with Gasteiger partial charge in [0.1, 0.15) is 11.5 Å². The molecule has 0 aromatic heterocycles. The molecule has 0 atom stereocenters. The molecule has 0 amide bonds. The molecule has 2 aromatic rings. The van der Waals surface area contributed by atoms with Crippen LogP contribution in [0.15, 0.2) is 40.9 Å². The molecule has 0 bridgehead atoms. The highest BCUT2D eigenvalue weighted by atomic mass is 79.9. The number of ether oxygens (including phenoxy) is 2. The molecule has 20 heavy (non-hydrogen) atoms. The number of hydrogen-bond acceptors (Lipinski definition) is 3. The highest BCUT2D eigenvalue weighted by Gasteiger charge is 2.11. The summed E-state index contributed by atoms with van der Waals surface area (Å²) in [6, 6.07) is 8.43. The summed E-state index contributed by atoms with van der Waals surface area (Å²) >= 11 is 3.29. The first-order chi connectivity index (χ1) is 9.51. The van der Waals surface area contributed by atoms with E-state index in [1.54, 1.807) is 18.2 Å². The smallest absolute Gasteiger partial charge is 0.335 e. The van der Waals surface area contributed by atoms with E-state index in [0.29, 0.717) is 16.0 Å². The summed E-state index contributed by atoms with van der Waals surface area (Å²) in [5.41, 5.74) is -0.136. The van der Waals surface area contributed by atoms with Gasteiger partial charge in [0.05, 0.1) is 17.1 Å². The Kier molecular flexibility index (Phi) is 4.24. The van der Waals surface area contributed by atoms with E-state index in [0.717, 1.165) is 6.07 Å². The van der Waals surface area contributed by atoms with Crippen molar-refractivity contribution in [2.45, 2.75) is 0 Å². The summed E-state index contributed by atoms with van der Waals surface area (Å²) in [6.07, 6.45) is 0. The van der Waals surface area contributed by atoms with E-state index in [9.17, 15) is 9.18 Å². The summed E-state index contributed by atoms with van der Waals surface area (Å²) in [5, 5.41) is 8.76. The first kappa shape index (κ1) is 14.3. The minimum absolute atomic E-state index is 0.0548. The number of hydrogen-bond donors (Lipinski definition) is 1. The Morgan fingerprint density at radius 1 is 1.20 bits per heavy atom. The molecule has 0 saturated heterocycles. The van der Waals surface area contributed by atoms with Crippen molar-refractivity contribution < 1.29 is 23.8 Å². The lowest BCUT2D eigenvalue weighted by Gasteiger charge is -2.10. The van der Waals surface area contributed by atoms with Gasteiger partial charge in [-0.2, -0.15) is 0 Å². The lowest BCUT2D eigenvalue weighted by atomic mass is 10.2. The molecule has 0 radical (unpaired) electrons. The van der Waals surface area contributed by atoms with E-state index in [1.165, 1.54) is 19.2 Å². The normalized spacial score (nSPS) is 10.2. The molecule has 6 heteroatoms. The van der Waals surface area contributed by atoms with Gasteiger partial charge in [-0.15, -0.1) is 0 Å². The van der Waals surface area contributed by atoms with Crippen LogP contribution in [0.3, 0.4) is 0 Å². The first-order valence-electron chi connectivity index (χ1n) is 5.55. The van der Waals surface area contributed by atoms with E-state index in [1.807, 2.05) is 0 Å². The lowest BCUT2D eigenvalue weighted by Crippen LogP contribution is -1.98. The van der Waals surface area contributed by atoms with Gasteiger partial charge in [-0.3, -0.25) is 0 Å². The molecule has 4 nitrogen and oxygen atoms in total. The van der Waals surface area contributed by atoms with Crippen LogP contribution < -0.4 is 9.47 Å². The fourth-order valence-electron chi connectivity index (χ4n) is 1.53. The summed E-state index contributed by atoms with van der Waals surface area (Å²) in [6.45, 7) is 0. The molecule has 104 valence electrons. The molecule has 0 aliphatic heterocycles. The van der Waals surface area contributed by atoms with Crippen molar-refractivity contribution in [3.05, 3.63) is 52.3 Å². The number of methoxy groups -OCH3 is 1. The van der Waals surface area contributed by atoms with Crippen molar-refractivity contribution in [2.75, 3.05) is 7.11 Å². The van der Waals surface area contributed by atoms with E-state index < -0.39 is 11.8 Å². The van der Waals surface area contributed by atoms with E-state index in [-0.39, 0.29) is 11.3 Å². The number of halogens is 2. The van der Waals surface area contributed by atoms with Gasteiger partial charge in [-0.25, -0.2) is 9.18 Å². The van der Waals surface area contributed by atoms with Gasteiger partial charge in [0.2, 0.25) is 0 Å². The zero-order valence-electron chi connectivity index (χ0n) is 10.4. The second-order valence-electron chi connectivity index (χ2n) is 3.85. The van der Waals surface area contributed by atoms with Crippen LogP contribution in [0, 0.1) is 5.82 Å². The quantitative estimate of drug-likeness (QED) is 0.910. The summed E-state index contributed by atoms with van der Waals surface area (Å²) < 4.78 is 24.8. The predicted octanol–water partition coefficient (Wildman–Crippen LogP) is 4.09. The fraction of sp³-hybridized carbons (Fsp3) is 0.0714. The number of rotatable bonds is 4. The van der Waals surface area contributed by atoms with Crippen molar-refractivity contribution in [1.82, 2.24) is 0 Å². The second-order valence-corrected chi connectivity index (χ2v) is 4.70. The van der Waals surface area contributed by atoms with Crippen LogP contribution in [0.1, 0.15) is 10.4 Å². The highest BCUT2D eigenvalue weighted by Crippen LogP contribution is 2.33. The van der Waals surface area contributed by atoms with E-state index in [4.69, 9.17) is 14.6 Å². The Balaban J connectivity index is 2.28. The molecule has 0 spiro atoms. The van der Waals surface area contributed by atoms with Gasteiger partial charge in [0.25, 0.3) is 0 Å². The Morgan fingerprint density at radius 2 is 1.90 bits per heavy atom. The number of carbonyl (C=O) groups is 1. The number of carboxylic acid groups (broad SMARTS) is 1. The zero-order chi connectivity index (χ0) is 14.7. The number of carboxylic acids is 1. The van der Waals surface area contributed by atoms with Crippen molar-refractivity contribution in [3.63, 3.8) is 0 Å². The minimum atomic E-state index is -1.19. The molecule has 1 N–H and O–H groups in total. The first-order valence-corrected chi connectivity index (χ1v) is 6.35. The van der Waals surface area contributed by atoms with Gasteiger partial charge >= 0.3 is 5.97 Å². The van der Waals surface area contributed by atoms with Crippen LogP contribution in [0.25, 0.3) is 0 Å². The Morgan fingerprint density at radius 3 is 2.45 bits per heavy atom. The van der Waals surface area contributed by atoms with Gasteiger partial charge in [0, 0.05) is 0 Å². The van der Waals surface area contributed by atoms with Gasteiger partial charge in [-0.05, 0) is 52.3 Å². The molecule has 0 aliphatic rings. The number of benzene rings is 2. The molecule has 0 aliphatic carbocycles. The minimum Gasteiger partial charge on any atom is -0.497 e. The summed E-state index contributed by atoms with van der Waals surface area (Å²) in [4.78, 5) is 10.7. The molecule has 0 unspecified atom stereocenters. The average molecular weight is 341 g/mol. The molecule has 0 fully saturated rings. The van der Waals surface area contributed by atoms with E-state index >= 15 is 0 Å². The highest BCUT2D eigenvalue weighted by molar-refractivity contribution is 9.10. The SMILES string of the molecule is COc1ccc(Oc2ccc(C(=O)O)cc2F)c(Br)c1. The Hall–Kier alpha value is -2.08. The van der Waals surface area contributed by atoms with Crippen LogP contribution >= 0.6 is 15.9 Å². The summed E-state index contributed by atoms with van der Waals surface area (Å²) in [5.74, 6) is -0.965. The van der Waals surface area contributed by atoms with Crippen LogP contribution in [0.2, 0.25) is 0 Å². The maximum Gasteiger partial charge on any atom is 0.335 e. The molecule has 0 heterocycles. The van der Waals surface area contributed by atoms with Gasteiger partial charge in [-0.1, -0.05) is 0 Å². The van der Waals surface area contributed by atoms with Gasteiger partial charge in [0.15, 0.2) is 11.6 Å². The van der Waals surface area contributed by atoms with Crippen molar-refractivity contribution in [3.8, 4) is 17.2 Å². The molecule has 0 saturated carbocycles. The third kappa shape index (κ3) is 3.08. The molecule has 2 aromatic carbocycles. The predicted molar refractivity (Wildman–Crippen MR) is 74.1 cm³/mol.